The van der Waals surface area contributed by atoms with Gasteiger partial charge in [0, 0.05) is 11.6 Å². The van der Waals surface area contributed by atoms with Gasteiger partial charge >= 0.3 is 0 Å². The zero-order valence-corrected chi connectivity index (χ0v) is 8.23. The maximum atomic E-state index is 11.6. The van der Waals surface area contributed by atoms with Crippen LogP contribution in [0.4, 0.5) is 0 Å². The number of benzene rings is 1. The Kier molecular flexibility index (Phi) is 2.05. The number of ether oxygens (including phenoxy) is 1. The van der Waals surface area contributed by atoms with E-state index in [1.54, 1.807) is 31.2 Å². The van der Waals surface area contributed by atoms with E-state index < -0.39 is 5.60 Å². The summed E-state index contributed by atoms with van der Waals surface area (Å²) >= 11 is 0. The van der Waals surface area contributed by atoms with E-state index in [1.807, 2.05) is 6.07 Å². The highest BCUT2D eigenvalue weighted by atomic mass is 16.5. The number of hydrogen-bond donors (Lipinski definition) is 0. The molecular weight excluding hydrogens is 190 g/mol. The molecule has 1 aliphatic rings. The third-order valence-corrected chi connectivity index (χ3v) is 2.54. The van der Waals surface area contributed by atoms with Gasteiger partial charge in [0.1, 0.15) is 0 Å². The maximum absolute atomic E-state index is 11.6. The zero-order valence-electron chi connectivity index (χ0n) is 8.23. The molecule has 2 rings (SSSR count). The first-order valence-electron chi connectivity index (χ1n) is 4.56. The summed E-state index contributed by atoms with van der Waals surface area (Å²) in [5.41, 5.74) is 0.265. The van der Waals surface area contributed by atoms with Crippen LogP contribution in [0.25, 0.3) is 0 Å². The quantitative estimate of drug-likeness (QED) is 0.693. The van der Waals surface area contributed by atoms with Crippen LogP contribution in [0.1, 0.15) is 18.1 Å². The SMILES string of the molecule is CC1(c2cccc(C#N)c2)OC=CC1=O. The Bertz CT molecular complexity index is 485. The normalized spacial score (nSPS) is 23.6. The molecule has 0 radical (unpaired) electrons. The fraction of sp³-hybridized carbons (Fsp3) is 0.167. The molecule has 3 heteroatoms. The first kappa shape index (κ1) is 9.47. The Labute approximate surface area is 87.6 Å². The van der Waals surface area contributed by atoms with Gasteiger partial charge in [0.05, 0.1) is 17.9 Å². The number of hydrogen-bond acceptors (Lipinski definition) is 3. The van der Waals surface area contributed by atoms with Crippen molar-refractivity contribution in [2.24, 2.45) is 0 Å². The molecule has 0 aromatic heterocycles. The molecule has 0 saturated heterocycles. The topological polar surface area (TPSA) is 50.1 Å². The standard InChI is InChI=1S/C12H9NO2/c1-12(11(14)5-6-15-12)10-4-2-3-9(7-10)8-13/h2-7H,1H3. The lowest BCUT2D eigenvalue weighted by molar-refractivity contribution is -0.128. The van der Waals surface area contributed by atoms with Gasteiger partial charge in [0.15, 0.2) is 5.60 Å². The molecule has 0 saturated carbocycles. The van der Waals surface area contributed by atoms with E-state index in [2.05, 4.69) is 0 Å². The molecule has 0 fully saturated rings. The first-order chi connectivity index (χ1) is 7.16. The van der Waals surface area contributed by atoms with Crippen LogP contribution in [-0.4, -0.2) is 5.78 Å². The molecule has 1 heterocycles. The van der Waals surface area contributed by atoms with E-state index in [1.165, 1.54) is 12.3 Å². The average Bonchev–Trinajstić information content (AvgIpc) is 2.61. The Morgan fingerprint density at radius 3 is 2.87 bits per heavy atom. The van der Waals surface area contributed by atoms with Gasteiger partial charge in [-0.1, -0.05) is 12.1 Å². The van der Waals surface area contributed by atoms with Gasteiger partial charge in [0.2, 0.25) is 5.78 Å². The minimum absolute atomic E-state index is 0.0995. The molecule has 3 nitrogen and oxygen atoms in total. The van der Waals surface area contributed by atoms with Gasteiger partial charge in [-0.2, -0.15) is 5.26 Å². The number of carbonyl (C=O) groups is 1. The molecule has 15 heavy (non-hydrogen) atoms. The summed E-state index contributed by atoms with van der Waals surface area (Å²) in [6.45, 7) is 1.70. The van der Waals surface area contributed by atoms with Crippen LogP contribution in [-0.2, 0) is 15.1 Å². The molecule has 0 aliphatic carbocycles. The molecule has 1 unspecified atom stereocenters. The van der Waals surface area contributed by atoms with Crippen molar-refractivity contribution in [3.63, 3.8) is 0 Å². The molecule has 1 aromatic rings. The van der Waals surface area contributed by atoms with Crippen LogP contribution in [0.5, 0.6) is 0 Å². The minimum Gasteiger partial charge on any atom is -0.482 e. The molecule has 0 spiro atoms. The molecular formula is C12H9NO2. The number of rotatable bonds is 1. The van der Waals surface area contributed by atoms with Crippen molar-refractivity contribution in [2.45, 2.75) is 12.5 Å². The van der Waals surface area contributed by atoms with Gasteiger partial charge in [0.25, 0.3) is 0 Å². The monoisotopic (exact) mass is 199 g/mol. The Morgan fingerprint density at radius 2 is 2.27 bits per heavy atom. The van der Waals surface area contributed by atoms with E-state index >= 15 is 0 Å². The van der Waals surface area contributed by atoms with Gasteiger partial charge in [-0.15, -0.1) is 0 Å². The Morgan fingerprint density at radius 1 is 1.47 bits per heavy atom. The van der Waals surface area contributed by atoms with Crippen molar-refractivity contribution < 1.29 is 9.53 Å². The predicted octanol–water partition coefficient (Wildman–Crippen LogP) is 1.89. The van der Waals surface area contributed by atoms with Crippen molar-refractivity contribution in [3.05, 3.63) is 47.7 Å². The van der Waals surface area contributed by atoms with E-state index in [9.17, 15) is 4.79 Å². The number of nitriles is 1. The van der Waals surface area contributed by atoms with Crippen molar-refractivity contribution in [3.8, 4) is 6.07 Å². The highest BCUT2D eigenvalue weighted by molar-refractivity contribution is 5.99. The van der Waals surface area contributed by atoms with E-state index in [4.69, 9.17) is 10.00 Å². The summed E-state index contributed by atoms with van der Waals surface area (Å²) in [5.74, 6) is -0.0995. The molecule has 0 bridgehead atoms. The van der Waals surface area contributed by atoms with Crippen LogP contribution in [0.2, 0.25) is 0 Å². The zero-order chi connectivity index (χ0) is 10.9. The Balaban J connectivity index is 2.46. The van der Waals surface area contributed by atoms with E-state index in [0.717, 1.165) is 0 Å². The second-order valence-corrected chi connectivity index (χ2v) is 3.51. The summed E-state index contributed by atoms with van der Waals surface area (Å²) in [7, 11) is 0. The van der Waals surface area contributed by atoms with Crippen LogP contribution in [0.15, 0.2) is 36.6 Å². The second kappa shape index (κ2) is 3.25. The largest absolute Gasteiger partial charge is 0.482 e. The molecule has 1 atom stereocenters. The van der Waals surface area contributed by atoms with Gasteiger partial charge < -0.3 is 4.74 Å². The van der Waals surface area contributed by atoms with Crippen molar-refractivity contribution in [1.82, 2.24) is 0 Å². The fourth-order valence-corrected chi connectivity index (χ4v) is 1.54. The summed E-state index contributed by atoms with van der Waals surface area (Å²) in [6.07, 6.45) is 2.79. The van der Waals surface area contributed by atoms with Crippen molar-refractivity contribution in [2.75, 3.05) is 0 Å². The van der Waals surface area contributed by atoms with E-state index in [0.29, 0.717) is 11.1 Å². The van der Waals surface area contributed by atoms with E-state index in [-0.39, 0.29) is 5.78 Å². The minimum atomic E-state index is -0.965. The van der Waals surface area contributed by atoms with Crippen LogP contribution in [0, 0.1) is 11.3 Å². The lowest BCUT2D eigenvalue weighted by Crippen LogP contribution is -2.29. The first-order valence-corrected chi connectivity index (χ1v) is 4.56. The third kappa shape index (κ3) is 1.40. The Hall–Kier alpha value is -2.08. The molecule has 74 valence electrons. The van der Waals surface area contributed by atoms with Gasteiger partial charge in [-0.05, 0) is 19.1 Å². The molecule has 0 N–H and O–H groups in total. The predicted molar refractivity (Wildman–Crippen MR) is 53.7 cm³/mol. The van der Waals surface area contributed by atoms with Gasteiger partial charge in [-0.3, -0.25) is 4.79 Å². The number of carbonyl (C=O) groups excluding carboxylic acids is 1. The maximum Gasteiger partial charge on any atom is 0.206 e. The number of nitrogens with zero attached hydrogens (tertiary/aromatic N) is 1. The smallest absolute Gasteiger partial charge is 0.206 e. The summed E-state index contributed by atoms with van der Waals surface area (Å²) < 4.78 is 5.30. The average molecular weight is 199 g/mol. The summed E-state index contributed by atoms with van der Waals surface area (Å²) in [6, 6.07) is 8.93. The summed E-state index contributed by atoms with van der Waals surface area (Å²) in [5, 5.41) is 8.76. The van der Waals surface area contributed by atoms with Crippen LogP contribution >= 0.6 is 0 Å². The molecule has 0 amide bonds. The highest BCUT2D eigenvalue weighted by Gasteiger charge is 2.38. The lowest BCUT2D eigenvalue weighted by atomic mass is 9.91. The van der Waals surface area contributed by atoms with Gasteiger partial charge in [-0.25, -0.2) is 0 Å². The van der Waals surface area contributed by atoms with Crippen molar-refractivity contribution in [1.29, 1.82) is 5.26 Å². The highest BCUT2D eigenvalue weighted by Crippen LogP contribution is 2.31. The second-order valence-electron chi connectivity index (χ2n) is 3.51. The molecule has 1 aliphatic heterocycles. The third-order valence-electron chi connectivity index (χ3n) is 2.54. The lowest BCUT2D eigenvalue weighted by Gasteiger charge is -2.22. The van der Waals surface area contributed by atoms with Crippen LogP contribution < -0.4 is 0 Å². The number of ketones is 1. The van der Waals surface area contributed by atoms with Crippen molar-refractivity contribution >= 4 is 5.78 Å². The fourth-order valence-electron chi connectivity index (χ4n) is 1.54. The summed E-state index contributed by atoms with van der Waals surface area (Å²) in [4.78, 5) is 11.6. The van der Waals surface area contributed by atoms with Crippen LogP contribution in [0.3, 0.4) is 0 Å². The molecule has 1 aromatic carbocycles.